The molecule has 1 atom stereocenters. The third-order valence-electron chi connectivity index (χ3n) is 3.90. The molecule has 1 saturated heterocycles. The molecule has 3 N–H and O–H groups in total. The fourth-order valence-corrected chi connectivity index (χ4v) is 2.71. The lowest BCUT2D eigenvalue weighted by molar-refractivity contribution is -0.149. The predicted molar refractivity (Wildman–Crippen MR) is 62.2 cm³/mol. The van der Waals surface area contributed by atoms with E-state index in [4.69, 9.17) is 0 Å². The minimum absolute atomic E-state index is 0.181. The Labute approximate surface area is 101 Å². The van der Waals surface area contributed by atoms with Gasteiger partial charge in [-0.15, -0.1) is 0 Å². The van der Waals surface area contributed by atoms with Gasteiger partial charge >= 0.3 is 0 Å². The van der Waals surface area contributed by atoms with E-state index in [1.165, 1.54) is 0 Å². The molecule has 2 aliphatic rings. The van der Waals surface area contributed by atoms with E-state index in [1.807, 2.05) is 0 Å². The van der Waals surface area contributed by atoms with Crippen LogP contribution in [-0.2, 0) is 9.59 Å². The molecule has 1 aliphatic heterocycles. The van der Waals surface area contributed by atoms with Crippen molar-refractivity contribution in [2.24, 2.45) is 5.41 Å². The van der Waals surface area contributed by atoms with Crippen molar-refractivity contribution in [3.05, 3.63) is 0 Å². The molecule has 1 aliphatic carbocycles. The largest absolute Gasteiger partial charge is 0.395 e. The van der Waals surface area contributed by atoms with Crippen molar-refractivity contribution in [3.8, 4) is 0 Å². The van der Waals surface area contributed by atoms with Crippen LogP contribution in [0, 0.1) is 5.41 Å². The Bertz CT molecular complexity index is 313. The number of hydrogen-bond donors (Lipinski definition) is 3. The Kier molecular flexibility index (Phi) is 3.66. The molecule has 1 heterocycles. The van der Waals surface area contributed by atoms with E-state index in [2.05, 4.69) is 10.6 Å². The molecule has 5 nitrogen and oxygen atoms in total. The van der Waals surface area contributed by atoms with Crippen molar-refractivity contribution in [2.45, 2.75) is 44.6 Å². The molecule has 1 unspecified atom stereocenters. The summed E-state index contributed by atoms with van der Waals surface area (Å²) in [6, 6.07) is 0.181. The van der Waals surface area contributed by atoms with Crippen LogP contribution in [0.4, 0.5) is 0 Å². The molecule has 0 aromatic carbocycles. The van der Waals surface area contributed by atoms with Crippen LogP contribution in [-0.4, -0.2) is 36.1 Å². The maximum Gasteiger partial charge on any atom is 0.238 e. The zero-order valence-electron chi connectivity index (χ0n) is 10.00. The first-order valence-electron chi connectivity index (χ1n) is 6.39. The molecule has 0 bridgehead atoms. The maximum absolute atomic E-state index is 12.2. The van der Waals surface area contributed by atoms with Gasteiger partial charge in [0.1, 0.15) is 0 Å². The lowest BCUT2D eigenvalue weighted by atomic mass is 9.79. The Hall–Kier alpha value is -1.10. The van der Waals surface area contributed by atoms with Crippen molar-refractivity contribution in [2.75, 3.05) is 13.2 Å². The van der Waals surface area contributed by atoms with E-state index in [0.29, 0.717) is 13.0 Å². The van der Waals surface area contributed by atoms with Crippen LogP contribution in [0.5, 0.6) is 0 Å². The van der Waals surface area contributed by atoms with Crippen molar-refractivity contribution in [3.63, 3.8) is 0 Å². The van der Waals surface area contributed by atoms with Gasteiger partial charge in [0, 0.05) is 12.6 Å². The van der Waals surface area contributed by atoms with Crippen LogP contribution < -0.4 is 10.6 Å². The number of piperidine rings is 1. The molecule has 2 fully saturated rings. The van der Waals surface area contributed by atoms with Crippen molar-refractivity contribution in [1.82, 2.24) is 10.6 Å². The molecule has 0 aromatic rings. The van der Waals surface area contributed by atoms with E-state index in [1.54, 1.807) is 0 Å². The average Bonchev–Trinajstić information content (AvgIpc) is 2.82. The number of nitrogens with one attached hydrogen (secondary N) is 2. The smallest absolute Gasteiger partial charge is 0.238 e. The summed E-state index contributed by atoms with van der Waals surface area (Å²) in [5.41, 5.74) is -1.25. The number of carbonyl (C=O) groups is 2. The second-order valence-corrected chi connectivity index (χ2v) is 5.05. The van der Waals surface area contributed by atoms with E-state index in [0.717, 1.165) is 32.1 Å². The lowest BCUT2D eigenvalue weighted by Gasteiger charge is -2.33. The van der Waals surface area contributed by atoms with Gasteiger partial charge < -0.3 is 15.7 Å². The van der Waals surface area contributed by atoms with Gasteiger partial charge in [-0.1, -0.05) is 12.8 Å². The summed E-state index contributed by atoms with van der Waals surface area (Å²) in [6.45, 7) is 0.189. The molecule has 5 heteroatoms. The van der Waals surface area contributed by atoms with Crippen LogP contribution in [0.15, 0.2) is 0 Å². The van der Waals surface area contributed by atoms with Crippen LogP contribution >= 0.6 is 0 Å². The first kappa shape index (κ1) is 12.4. The number of aliphatic hydroxyl groups excluding tert-OH is 1. The first-order chi connectivity index (χ1) is 8.19. The molecule has 0 radical (unpaired) electrons. The molecular formula is C12H20N2O3. The van der Waals surface area contributed by atoms with Gasteiger partial charge in [0.25, 0.3) is 0 Å². The van der Waals surface area contributed by atoms with Crippen molar-refractivity contribution in [1.29, 1.82) is 0 Å². The molecule has 2 amide bonds. The fourth-order valence-electron chi connectivity index (χ4n) is 2.71. The molecule has 2 rings (SSSR count). The van der Waals surface area contributed by atoms with Gasteiger partial charge in [-0.2, -0.15) is 0 Å². The fraction of sp³-hybridized carbons (Fsp3) is 0.833. The number of aliphatic hydroxyl groups is 1. The minimum Gasteiger partial charge on any atom is -0.395 e. The highest BCUT2D eigenvalue weighted by Crippen LogP contribution is 2.28. The monoisotopic (exact) mass is 240 g/mol. The summed E-state index contributed by atoms with van der Waals surface area (Å²) in [7, 11) is 0. The van der Waals surface area contributed by atoms with Crippen molar-refractivity contribution >= 4 is 11.8 Å². The summed E-state index contributed by atoms with van der Waals surface area (Å²) in [5, 5.41) is 15.0. The van der Waals surface area contributed by atoms with Gasteiger partial charge in [0.05, 0.1) is 6.61 Å². The predicted octanol–water partition coefficient (Wildman–Crippen LogP) is -0.0661. The zero-order chi connectivity index (χ0) is 12.3. The summed E-state index contributed by atoms with van der Waals surface area (Å²) in [5.74, 6) is -0.633. The first-order valence-corrected chi connectivity index (χ1v) is 6.39. The molecule has 17 heavy (non-hydrogen) atoms. The Balaban J connectivity index is 2.05. The van der Waals surface area contributed by atoms with E-state index in [9.17, 15) is 14.7 Å². The van der Waals surface area contributed by atoms with Gasteiger partial charge in [0.2, 0.25) is 11.8 Å². The number of rotatable bonds is 3. The van der Waals surface area contributed by atoms with Gasteiger partial charge in [0.15, 0.2) is 5.41 Å². The van der Waals surface area contributed by atoms with Gasteiger partial charge in [-0.3, -0.25) is 9.59 Å². The van der Waals surface area contributed by atoms with E-state index < -0.39 is 12.0 Å². The van der Waals surface area contributed by atoms with Gasteiger partial charge in [-0.25, -0.2) is 0 Å². The quantitative estimate of drug-likeness (QED) is 0.604. The second-order valence-electron chi connectivity index (χ2n) is 5.05. The molecule has 0 aromatic heterocycles. The molecule has 96 valence electrons. The second kappa shape index (κ2) is 5.04. The third-order valence-corrected chi connectivity index (χ3v) is 3.90. The summed E-state index contributed by atoms with van der Waals surface area (Å²) < 4.78 is 0. The molecule has 1 saturated carbocycles. The molecule has 0 spiro atoms. The minimum atomic E-state index is -1.25. The Morgan fingerprint density at radius 3 is 2.71 bits per heavy atom. The zero-order valence-corrected chi connectivity index (χ0v) is 10.00. The summed E-state index contributed by atoms with van der Waals surface area (Å²) in [6.07, 6.45) is 5.40. The van der Waals surface area contributed by atoms with Crippen LogP contribution in [0.1, 0.15) is 38.5 Å². The van der Waals surface area contributed by atoms with Crippen molar-refractivity contribution < 1.29 is 14.7 Å². The van der Waals surface area contributed by atoms with E-state index in [-0.39, 0.29) is 17.9 Å². The average molecular weight is 240 g/mol. The summed E-state index contributed by atoms with van der Waals surface area (Å²) in [4.78, 5) is 24.0. The highest BCUT2D eigenvalue weighted by molar-refractivity contribution is 6.05. The van der Waals surface area contributed by atoms with Gasteiger partial charge in [-0.05, 0) is 25.7 Å². The SMILES string of the molecule is O=C1NCCCC1(CO)C(=O)NC1CCCC1. The van der Waals surface area contributed by atoms with Crippen LogP contribution in [0.2, 0.25) is 0 Å². The van der Waals surface area contributed by atoms with Crippen LogP contribution in [0.3, 0.4) is 0 Å². The standard InChI is InChI=1S/C12H20N2O3/c15-8-12(6-3-7-13-10(12)16)11(17)14-9-4-1-2-5-9/h9,15H,1-8H2,(H,13,16)(H,14,17). The number of carbonyl (C=O) groups excluding carboxylic acids is 2. The number of amides is 2. The third kappa shape index (κ3) is 2.29. The highest BCUT2D eigenvalue weighted by atomic mass is 16.3. The topological polar surface area (TPSA) is 78.4 Å². The Morgan fingerprint density at radius 1 is 1.41 bits per heavy atom. The Morgan fingerprint density at radius 2 is 2.12 bits per heavy atom. The normalized spacial score (nSPS) is 30.1. The van der Waals surface area contributed by atoms with Crippen LogP contribution in [0.25, 0.3) is 0 Å². The van der Waals surface area contributed by atoms with E-state index >= 15 is 0 Å². The molecular weight excluding hydrogens is 220 g/mol. The lowest BCUT2D eigenvalue weighted by Crippen LogP contribution is -2.57. The maximum atomic E-state index is 12.2. The summed E-state index contributed by atoms with van der Waals surface area (Å²) >= 11 is 0. The highest BCUT2D eigenvalue weighted by Gasteiger charge is 2.47. The number of hydrogen-bond acceptors (Lipinski definition) is 3.